The molecule has 3 heteroatoms. The fraction of sp³-hybridized carbons (Fsp3) is 1.00. The van der Waals surface area contributed by atoms with E-state index in [1.807, 2.05) is 0 Å². The van der Waals surface area contributed by atoms with Gasteiger partial charge in [0.25, 0.3) is 6.48 Å². The molecule has 0 radical (unpaired) electrons. The summed E-state index contributed by atoms with van der Waals surface area (Å²) in [6.45, 7) is 0.386. The van der Waals surface area contributed by atoms with Crippen molar-refractivity contribution < 1.29 is 14.2 Å². The minimum atomic E-state index is -0.344. The Morgan fingerprint density at radius 1 is 1.08 bits per heavy atom. The zero-order chi connectivity index (χ0) is 7.97. The lowest BCUT2D eigenvalue weighted by Crippen LogP contribution is -2.25. The van der Waals surface area contributed by atoms with E-state index in [0.29, 0.717) is 12.2 Å². The van der Waals surface area contributed by atoms with Gasteiger partial charge in [-0.3, -0.25) is 0 Å². The van der Waals surface area contributed by atoms with E-state index in [4.69, 9.17) is 14.2 Å². The molecule has 1 saturated carbocycles. The van der Waals surface area contributed by atoms with Crippen LogP contribution < -0.4 is 0 Å². The smallest absolute Gasteiger partial charge is 0.272 e. The Bertz CT molecular complexity index is 165. The lowest BCUT2D eigenvalue weighted by Gasteiger charge is -2.20. The van der Waals surface area contributed by atoms with Gasteiger partial charge in [-0.05, 0) is 25.2 Å². The topological polar surface area (TPSA) is 27.7 Å². The molecule has 0 spiro atoms. The van der Waals surface area contributed by atoms with Crippen molar-refractivity contribution in [2.24, 2.45) is 5.92 Å². The Morgan fingerprint density at radius 2 is 2.08 bits per heavy atom. The molecule has 0 N–H and O–H groups in total. The molecule has 3 aliphatic rings. The highest BCUT2D eigenvalue weighted by Gasteiger charge is 2.40. The van der Waals surface area contributed by atoms with E-state index in [2.05, 4.69) is 0 Å². The molecule has 3 rings (SSSR count). The van der Waals surface area contributed by atoms with Crippen LogP contribution in [-0.2, 0) is 14.2 Å². The average molecular weight is 170 g/mol. The second-order valence-electron chi connectivity index (χ2n) is 3.98. The summed E-state index contributed by atoms with van der Waals surface area (Å²) in [5.74, 6) is 0.740. The molecule has 4 atom stereocenters. The zero-order valence-corrected chi connectivity index (χ0v) is 7.07. The summed E-state index contributed by atoms with van der Waals surface area (Å²) in [5.41, 5.74) is 0. The predicted molar refractivity (Wildman–Crippen MR) is 41.4 cm³/mol. The fourth-order valence-corrected chi connectivity index (χ4v) is 2.55. The van der Waals surface area contributed by atoms with Crippen molar-refractivity contribution in [1.29, 1.82) is 0 Å². The van der Waals surface area contributed by atoms with Crippen LogP contribution in [0.1, 0.15) is 25.7 Å². The van der Waals surface area contributed by atoms with Crippen molar-refractivity contribution >= 4 is 0 Å². The van der Waals surface area contributed by atoms with E-state index in [0.717, 1.165) is 18.9 Å². The van der Waals surface area contributed by atoms with Gasteiger partial charge in [-0.2, -0.15) is 0 Å². The van der Waals surface area contributed by atoms with Crippen LogP contribution in [0, 0.1) is 5.92 Å². The molecule has 0 aromatic carbocycles. The highest BCUT2D eigenvalue weighted by Crippen LogP contribution is 2.38. The second-order valence-corrected chi connectivity index (χ2v) is 3.98. The molecule has 4 unspecified atom stereocenters. The zero-order valence-electron chi connectivity index (χ0n) is 7.07. The van der Waals surface area contributed by atoms with E-state index >= 15 is 0 Å². The minimum absolute atomic E-state index is 0.308. The van der Waals surface area contributed by atoms with Gasteiger partial charge >= 0.3 is 0 Å². The first-order chi connectivity index (χ1) is 5.92. The first-order valence-corrected chi connectivity index (χ1v) is 4.84. The van der Waals surface area contributed by atoms with Crippen LogP contribution in [0.3, 0.4) is 0 Å². The molecule has 0 aromatic rings. The second kappa shape index (κ2) is 2.69. The number of ether oxygens (including phenoxy) is 3. The summed E-state index contributed by atoms with van der Waals surface area (Å²) < 4.78 is 16.5. The molecule has 68 valence electrons. The Hall–Kier alpha value is -0.120. The predicted octanol–water partition coefficient (Wildman–Crippen LogP) is 1.27. The third kappa shape index (κ3) is 1.08. The largest absolute Gasteiger partial charge is 0.327 e. The molecule has 1 aliphatic carbocycles. The molecule has 3 nitrogen and oxygen atoms in total. The third-order valence-corrected chi connectivity index (χ3v) is 3.16. The van der Waals surface area contributed by atoms with Crippen LogP contribution in [0.5, 0.6) is 0 Å². The van der Waals surface area contributed by atoms with Crippen molar-refractivity contribution in [3.05, 3.63) is 0 Å². The van der Waals surface area contributed by atoms with Crippen LogP contribution in [0.4, 0.5) is 0 Å². The van der Waals surface area contributed by atoms with Crippen molar-refractivity contribution in [3.8, 4) is 0 Å². The molecular weight excluding hydrogens is 156 g/mol. The maximum absolute atomic E-state index is 5.68. The first kappa shape index (κ1) is 7.30. The van der Waals surface area contributed by atoms with Gasteiger partial charge in [-0.25, -0.2) is 0 Å². The van der Waals surface area contributed by atoms with Gasteiger partial charge in [-0.1, -0.05) is 6.42 Å². The van der Waals surface area contributed by atoms with Gasteiger partial charge in [0.1, 0.15) is 0 Å². The monoisotopic (exact) mass is 170 g/mol. The van der Waals surface area contributed by atoms with E-state index < -0.39 is 0 Å². The molecule has 2 saturated heterocycles. The van der Waals surface area contributed by atoms with Gasteiger partial charge in [-0.15, -0.1) is 0 Å². The van der Waals surface area contributed by atoms with E-state index in [-0.39, 0.29) is 6.48 Å². The van der Waals surface area contributed by atoms with Gasteiger partial charge in [0.05, 0.1) is 18.8 Å². The van der Waals surface area contributed by atoms with Crippen LogP contribution in [0.15, 0.2) is 0 Å². The highest BCUT2D eigenvalue weighted by molar-refractivity contribution is 4.84. The Morgan fingerprint density at radius 3 is 3.08 bits per heavy atom. The molecular formula is C9H14O3. The summed E-state index contributed by atoms with van der Waals surface area (Å²) in [6.07, 6.45) is 5.69. The SMILES string of the molecule is C1CC2CC3COC(O3)OC2C1. The lowest BCUT2D eigenvalue weighted by molar-refractivity contribution is -0.251. The number of hydrogen-bond donors (Lipinski definition) is 0. The fourth-order valence-electron chi connectivity index (χ4n) is 2.55. The summed E-state index contributed by atoms with van der Waals surface area (Å²) in [5, 5.41) is 0. The molecule has 12 heavy (non-hydrogen) atoms. The maximum Gasteiger partial charge on any atom is 0.272 e. The van der Waals surface area contributed by atoms with E-state index in [1.165, 1.54) is 19.3 Å². The maximum atomic E-state index is 5.68. The van der Waals surface area contributed by atoms with E-state index in [9.17, 15) is 0 Å². The molecule has 2 bridgehead atoms. The van der Waals surface area contributed by atoms with Gasteiger partial charge < -0.3 is 14.2 Å². The lowest BCUT2D eigenvalue weighted by atomic mass is 9.98. The summed E-state index contributed by atoms with van der Waals surface area (Å²) in [7, 11) is 0. The standard InChI is InChI=1S/C9H14O3/c1-2-6-4-7-5-10-9(11-7)12-8(6)3-1/h6-9H,1-5H2. The minimum Gasteiger partial charge on any atom is -0.327 e. The Kier molecular flexibility index (Phi) is 1.63. The molecule has 2 aliphatic heterocycles. The van der Waals surface area contributed by atoms with Crippen molar-refractivity contribution in [1.82, 2.24) is 0 Å². The van der Waals surface area contributed by atoms with E-state index in [1.54, 1.807) is 0 Å². The number of hydrogen-bond acceptors (Lipinski definition) is 3. The van der Waals surface area contributed by atoms with Crippen LogP contribution >= 0.6 is 0 Å². The number of rotatable bonds is 0. The quantitative estimate of drug-likeness (QED) is 0.548. The van der Waals surface area contributed by atoms with Gasteiger partial charge in [0.2, 0.25) is 0 Å². The average Bonchev–Trinajstić information content (AvgIpc) is 2.59. The van der Waals surface area contributed by atoms with Crippen LogP contribution in [-0.4, -0.2) is 25.3 Å². The highest BCUT2D eigenvalue weighted by atomic mass is 16.9. The molecule has 0 aromatic heterocycles. The van der Waals surface area contributed by atoms with Crippen LogP contribution in [0.25, 0.3) is 0 Å². The van der Waals surface area contributed by atoms with Crippen molar-refractivity contribution in [2.45, 2.75) is 44.4 Å². The molecule has 3 fully saturated rings. The van der Waals surface area contributed by atoms with Gasteiger partial charge in [0.15, 0.2) is 0 Å². The normalized spacial score (nSPS) is 52.0. The molecule has 2 heterocycles. The summed E-state index contributed by atoms with van der Waals surface area (Å²) in [4.78, 5) is 0. The molecule has 0 amide bonds. The van der Waals surface area contributed by atoms with Crippen molar-refractivity contribution in [2.75, 3.05) is 6.61 Å². The Balaban J connectivity index is 1.78. The van der Waals surface area contributed by atoms with Crippen LogP contribution in [0.2, 0.25) is 0 Å². The summed E-state index contributed by atoms with van der Waals surface area (Å²) in [6, 6.07) is 0. The third-order valence-electron chi connectivity index (χ3n) is 3.16. The first-order valence-electron chi connectivity index (χ1n) is 4.84. The Labute approximate surface area is 72.0 Å². The number of fused-ring (bicyclic) bond motifs is 3. The summed E-state index contributed by atoms with van der Waals surface area (Å²) >= 11 is 0. The van der Waals surface area contributed by atoms with Gasteiger partial charge in [0, 0.05) is 0 Å². The van der Waals surface area contributed by atoms with Crippen molar-refractivity contribution in [3.63, 3.8) is 0 Å².